The van der Waals surface area contributed by atoms with Crippen LogP contribution >= 0.6 is 11.8 Å². The molecule has 5 heteroatoms. The number of ether oxygens (including phenoxy) is 1. The Kier molecular flexibility index (Phi) is 4.06. The van der Waals surface area contributed by atoms with E-state index in [1.165, 1.54) is 18.9 Å². The van der Waals surface area contributed by atoms with Gasteiger partial charge < -0.3 is 9.84 Å². The number of aromatic nitrogens is 1. The Labute approximate surface area is 115 Å². The van der Waals surface area contributed by atoms with E-state index in [-0.39, 0.29) is 5.69 Å². The van der Waals surface area contributed by atoms with Crippen molar-refractivity contribution >= 4 is 17.7 Å². The van der Waals surface area contributed by atoms with Crippen LogP contribution in [0.2, 0.25) is 0 Å². The van der Waals surface area contributed by atoms with Gasteiger partial charge in [0.1, 0.15) is 0 Å². The number of aromatic carboxylic acids is 1. The summed E-state index contributed by atoms with van der Waals surface area (Å²) in [7, 11) is 1.45. The van der Waals surface area contributed by atoms with Gasteiger partial charge in [0.15, 0.2) is 11.4 Å². The maximum atomic E-state index is 11.1. The molecule has 1 N–H and O–H groups in total. The summed E-state index contributed by atoms with van der Waals surface area (Å²) in [5.74, 6) is -0.773. The molecule has 0 bridgehead atoms. The van der Waals surface area contributed by atoms with Crippen LogP contribution in [0.1, 0.15) is 16.1 Å². The van der Waals surface area contributed by atoms with E-state index in [0.29, 0.717) is 5.75 Å². The second-order valence-electron chi connectivity index (χ2n) is 3.85. The molecular formula is C14H13NO3S. The van der Waals surface area contributed by atoms with Crippen molar-refractivity contribution in [2.75, 3.05) is 7.11 Å². The van der Waals surface area contributed by atoms with Crippen molar-refractivity contribution in [3.63, 3.8) is 0 Å². The summed E-state index contributed by atoms with van der Waals surface area (Å²) in [4.78, 5) is 17.0. The highest BCUT2D eigenvalue weighted by Crippen LogP contribution is 2.35. The summed E-state index contributed by atoms with van der Waals surface area (Å²) in [6.07, 6.45) is 1.57. The second kappa shape index (κ2) is 5.75. The minimum atomic E-state index is -1.09. The van der Waals surface area contributed by atoms with Crippen LogP contribution in [0, 0.1) is 6.92 Å². The first-order chi connectivity index (χ1) is 9.13. The number of benzene rings is 1. The number of carboxylic acid groups (broad SMARTS) is 1. The van der Waals surface area contributed by atoms with Gasteiger partial charge >= 0.3 is 5.97 Å². The topological polar surface area (TPSA) is 59.4 Å². The third-order valence-corrected chi connectivity index (χ3v) is 3.75. The van der Waals surface area contributed by atoms with Crippen molar-refractivity contribution in [2.45, 2.75) is 16.7 Å². The highest BCUT2D eigenvalue weighted by Gasteiger charge is 2.18. The zero-order valence-electron chi connectivity index (χ0n) is 10.6. The molecule has 0 aliphatic carbocycles. The Balaban J connectivity index is 2.40. The largest absolute Gasteiger partial charge is 0.494 e. The Bertz CT molecular complexity index is 599. The van der Waals surface area contributed by atoms with Gasteiger partial charge in [0.25, 0.3) is 0 Å². The second-order valence-corrected chi connectivity index (χ2v) is 4.96. The molecule has 1 heterocycles. The minimum absolute atomic E-state index is 0.0580. The molecule has 0 saturated heterocycles. The number of pyridine rings is 1. The van der Waals surface area contributed by atoms with Crippen LogP contribution in [-0.4, -0.2) is 23.2 Å². The molecule has 4 nitrogen and oxygen atoms in total. The molecule has 2 aromatic rings. The fraction of sp³-hybridized carbons (Fsp3) is 0.143. The van der Waals surface area contributed by atoms with Crippen molar-refractivity contribution in [1.82, 2.24) is 4.98 Å². The zero-order valence-corrected chi connectivity index (χ0v) is 11.4. The Hall–Kier alpha value is -2.01. The third kappa shape index (κ3) is 2.88. The number of carboxylic acids is 1. The fourth-order valence-corrected chi connectivity index (χ4v) is 2.59. The average molecular weight is 275 g/mol. The van der Waals surface area contributed by atoms with Crippen LogP contribution in [0.25, 0.3) is 0 Å². The van der Waals surface area contributed by atoms with E-state index < -0.39 is 5.97 Å². The summed E-state index contributed by atoms with van der Waals surface area (Å²) >= 11 is 1.53. The van der Waals surface area contributed by atoms with E-state index in [4.69, 9.17) is 9.84 Å². The Morgan fingerprint density at radius 2 is 2.00 bits per heavy atom. The van der Waals surface area contributed by atoms with Crippen LogP contribution in [0.5, 0.6) is 5.75 Å². The molecule has 0 aliphatic heterocycles. The van der Waals surface area contributed by atoms with Gasteiger partial charge in [-0.1, -0.05) is 30.0 Å². The molecule has 1 aromatic carbocycles. The first kappa shape index (κ1) is 13.4. The van der Waals surface area contributed by atoms with Crippen LogP contribution < -0.4 is 4.74 Å². The van der Waals surface area contributed by atoms with Crippen LogP contribution in [0.3, 0.4) is 0 Å². The van der Waals surface area contributed by atoms with Crippen LogP contribution in [0.4, 0.5) is 0 Å². The van der Waals surface area contributed by atoms with Crippen LogP contribution in [-0.2, 0) is 0 Å². The van der Waals surface area contributed by atoms with Gasteiger partial charge in [-0.25, -0.2) is 9.78 Å². The lowest BCUT2D eigenvalue weighted by Crippen LogP contribution is -2.05. The molecule has 2 rings (SSSR count). The highest BCUT2D eigenvalue weighted by atomic mass is 32.2. The lowest BCUT2D eigenvalue weighted by atomic mass is 10.2. The summed E-state index contributed by atoms with van der Waals surface area (Å²) in [6.45, 7) is 1.83. The molecule has 0 atom stereocenters. The Morgan fingerprint density at radius 3 is 2.58 bits per heavy atom. The monoisotopic (exact) mass is 275 g/mol. The molecule has 0 aliphatic rings. The summed E-state index contributed by atoms with van der Waals surface area (Å²) in [6, 6.07) is 9.83. The summed E-state index contributed by atoms with van der Waals surface area (Å²) < 4.78 is 5.16. The van der Waals surface area contributed by atoms with E-state index in [9.17, 15) is 4.79 Å². The predicted octanol–water partition coefficient (Wildman–Crippen LogP) is 3.25. The third-order valence-electron chi connectivity index (χ3n) is 2.61. The maximum Gasteiger partial charge on any atom is 0.358 e. The Morgan fingerprint density at radius 1 is 1.32 bits per heavy atom. The number of rotatable bonds is 4. The lowest BCUT2D eigenvalue weighted by Gasteiger charge is -2.11. The van der Waals surface area contributed by atoms with Gasteiger partial charge in [-0.15, -0.1) is 0 Å². The predicted molar refractivity (Wildman–Crippen MR) is 73.1 cm³/mol. The zero-order chi connectivity index (χ0) is 13.8. The number of hydrogen-bond acceptors (Lipinski definition) is 4. The molecule has 19 heavy (non-hydrogen) atoms. The first-order valence-corrected chi connectivity index (χ1v) is 6.45. The quantitative estimate of drug-likeness (QED) is 0.928. The molecule has 0 fully saturated rings. The van der Waals surface area contributed by atoms with Gasteiger partial charge in [-0.3, -0.25) is 0 Å². The van der Waals surface area contributed by atoms with Gasteiger partial charge in [0, 0.05) is 21.6 Å². The minimum Gasteiger partial charge on any atom is -0.494 e. The van der Waals surface area contributed by atoms with Crippen LogP contribution in [0.15, 0.2) is 46.3 Å². The number of hydrogen-bond donors (Lipinski definition) is 1. The summed E-state index contributed by atoms with van der Waals surface area (Å²) in [5.41, 5.74) is 0.723. The average Bonchev–Trinajstić information content (AvgIpc) is 2.41. The molecule has 0 spiro atoms. The highest BCUT2D eigenvalue weighted by molar-refractivity contribution is 7.99. The van der Waals surface area contributed by atoms with Crippen molar-refractivity contribution < 1.29 is 14.6 Å². The van der Waals surface area contributed by atoms with Crippen molar-refractivity contribution in [3.05, 3.63) is 47.8 Å². The lowest BCUT2D eigenvalue weighted by molar-refractivity contribution is 0.0686. The fourth-order valence-electron chi connectivity index (χ4n) is 1.69. The van der Waals surface area contributed by atoms with Gasteiger partial charge in [0.05, 0.1) is 7.11 Å². The maximum absolute atomic E-state index is 11.1. The molecule has 0 saturated carbocycles. The van der Waals surface area contributed by atoms with E-state index >= 15 is 0 Å². The molecular weight excluding hydrogens is 262 g/mol. The molecule has 0 amide bonds. The smallest absolute Gasteiger partial charge is 0.358 e. The van der Waals surface area contributed by atoms with Crippen molar-refractivity contribution in [3.8, 4) is 5.75 Å². The standard InChI is InChI=1S/C14H13NO3S/c1-9-11(19-10-6-4-3-5-7-10)8-15-12(14(16)17)13(9)18-2/h3-8H,1-2H3,(H,16,17). The normalized spacial score (nSPS) is 10.2. The van der Waals surface area contributed by atoms with Gasteiger partial charge in [-0.05, 0) is 19.1 Å². The van der Waals surface area contributed by atoms with Gasteiger partial charge in [0.2, 0.25) is 0 Å². The van der Waals surface area contributed by atoms with Crippen molar-refractivity contribution in [2.24, 2.45) is 0 Å². The molecule has 1 aromatic heterocycles. The number of methoxy groups -OCH3 is 1. The number of carbonyl (C=O) groups is 1. The molecule has 0 radical (unpaired) electrons. The van der Waals surface area contributed by atoms with E-state index in [2.05, 4.69) is 4.98 Å². The SMILES string of the molecule is COc1c(C(=O)O)ncc(Sc2ccccc2)c1C. The van der Waals surface area contributed by atoms with E-state index in [1.807, 2.05) is 37.3 Å². The molecule has 0 unspecified atom stereocenters. The first-order valence-electron chi connectivity index (χ1n) is 5.63. The van der Waals surface area contributed by atoms with Crippen molar-refractivity contribution in [1.29, 1.82) is 0 Å². The van der Waals surface area contributed by atoms with Gasteiger partial charge in [-0.2, -0.15) is 0 Å². The van der Waals surface area contributed by atoms with E-state index in [1.54, 1.807) is 6.20 Å². The van der Waals surface area contributed by atoms with E-state index in [0.717, 1.165) is 15.4 Å². The summed E-state index contributed by atoms with van der Waals surface area (Å²) in [5, 5.41) is 9.05. The number of nitrogens with zero attached hydrogens (tertiary/aromatic N) is 1. The molecule has 98 valence electrons.